The Morgan fingerprint density at radius 3 is 2.39 bits per heavy atom. The molecular weight excluding hydrogens is 600 g/mol. The van der Waals surface area contributed by atoms with Gasteiger partial charge in [0, 0.05) is 56.4 Å². The first-order valence-electron chi connectivity index (χ1n) is 14.1. The highest BCUT2D eigenvalue weighted by atomic mass is 19.1. The SMILES string of the molecule is CC(C)(C#Cc1c(Oc2ccc(NC(=O)c3ccnn(-c4ccc(F)cc4)c3=O)cc2F)ccnc1N)N1CCN(C(=O)O)CC1. The molecule has 1 fully saturated rings. The Labute approximate surface area is 262 Å². The number of hydrogen-bond acceptors (Lipinski definition) is 8. The van der Waals surface area contributed by atoms with E-state index in [1.807, 2.05) is 13.8 Å². The van der Waals surface area contributed by atoms with Crippen molar-refractivity contribution < 1.29 is 28.2 Å². The number of anilines is 2. The third-order valence-electron chi connectivity index (χ3n) is 7.35. The van der Waals surface area contributed by atoms with Crippen LogP contribution in [0, 0.1) is 23.5 Å². The molecule has 0 bridgehead atoms. The Hall–Kier alpha value is -5.81. The average Bonchev–Trinajstić information content (AvgIpc) is 3.02. The van der Waals surface area contributed by atoms with Gasteiger partial charge in [-0.1, -0.05) is 11.8 Å². The van der Waals surface area contributed by atoms with E-state index < -0.39 is 34.7 Å². The Bertz CT molecular complexity index is 1910. The summed E-state index contributed by atoms with van der Waals surface area (Å²) in [6.45, 7) is 5.52. The summed E-state index contributed by atoms with van der Waals surface area (Å²) in [7, 11) is 0. The second-order valence-electron chi connectivity index (χ2n) is 10.8. The molecule has 14 heteroatoms. The number of aromatic nitrogens is 3. The molecule has 46 heavy (non-hydrogen) atoms. The van der Waals surface area contributed by atoms with Crippen molar-refractivity contribution in [3.63, 3.8) is 0 Å². The summed E-state index contributed by atoms with van der Waals surface area (Å²) in [4.78, 5) is 44.6. The van der Waals surface area contributed by atoms with Crippen LogP contribution in [0.1, 0.15) is 29.8 Å². The van der Waals surface area contributed by atoms with Crippen molar-refractivity contribution in [1.82, 2.24) is 24.6 Å². The molecule has 1 aliphatic heterocycles. The Morgan fingerprint density at radius 2 is 1.72 bits per heavy atom. The van der Waals surface area contributed by atoms with Crippen LogP contribution < -0.4 is 21.3 Å². The lowest BCUT2D eigenvalue weighted by Crippen LogP contribution is -2.55. The molecule has 236 valence electrons. The molecular formula is C32H29F2N7O5. The number of piperazine rings is 1. The van der Waals surface area contributed by atoms with Crippen LogP contribution in [0.25, 0.3) is 5.69 Å². The van der Waals surface area contributed by atoms with Gasteiger partial charge in [-0.15, -0.1) is 0 Å². The minimum absolute atomic E-state index is 0.0541. The molecule has 0 aliphatic carbocycles. The smallest absolute Gasteiger partial charge is 0.407 e. The highest BCUT2D eigenvalue weighted by Crippen LogP contribution is 2.31. The molecule has 1 saturated heterocycles. The van der Waals surface area contributed by atoms with E-state index in [1.54, 1.807) is 0 Å². The monoisotopic (exact) mass is 629 g/mol. The Balaban J connectivity index is 1.31. The van der Waals surface area contributed by atoms with Gasteiger partial charge in [0.2, 0.25) is 0 Å². The summed E-state index contributed by atoms with van der Waals surface area (Å²) in [5.41, 5.74) is 5.00. The van der Waals surface area contributed by atoms with Gasteiger partial charge in [0.1, 0.15) is 28.5 Å². The van der Waals surface area contributed by atoms with Gasteiger partial charge in [-0.05, 0) is 56.3 Å². The summed E-state index contributed by atoms with van der Waals surface area (Å²) in [5, 5.41) is 15.7. The third kappa shape index (κ3) is 6.95. The molecule has 0 radical (unpaired) electrons. The molecule has 2 amide bonds. The summed E-state index contributed by atoms with van der Waals surface area (Å²) in [6, 6.07) is 11.4. The number of nitrogens with two attached hydrogens (primary N) is 1. The minimum atomic E-state index is -0.961. The van der Waals surface area contributed by atoms with Gasteiger partial charge in [-0.2, -0.15) is 9.78 Å². The highest BCUT2D eigenvalue weighted by molar-refractivity contribution is 6.04. The van der Waals surface area contributed by atoms with Crippen LogP contribution in [-0.2, 0) is 0 Å². The number of hydrogen-bond donors (Lipinski definition) is 3. The number of carboxylic acid groups (broad SMARTS) is 1. The van der Waals surface area contributed by atoms with Crippen LogP contribution in [0.4, 0.5) is 25.1 Å². The van der Waals surface area contributed by atoms with E-state index in [2.05, 4.69) is 32.1 Å². The normalized spacial score (nSPS) is 13.4. The predicted molar refractivity (Wildman–Crippen MR) is 165 cm³/mol. The van der Waals surface area contributed by atoms with E-state index in [4.69, 9.17) is 10.5 Å². The number of ether oxygens (including phenoxy) is 1. The molecule has 1 aliphatic rings. The number of amides is 2. The molecule has 0 atom stereocenters. The van der Waals surface area contributed by atoms with Crippen LogP contribution in [-0.4, -0.2) is 73.4 Å². The maximum Gasteiger partial charge on any atom is 0.407 e. The fourth-order valence-electron chi connectivity index (χ4n) is 4.75. The largest absolute Gasteiger partial charge is 0.465 e. The first-order valence-corrected chi connectivity index (χ1v) is 14.1. The van der Waals surface area contributed by atoms with Crippen molar-refractivity contribution in [2.75, 3.05) is 37.2 Å². The molecule has 0 unspecified atom stereocenters. The fraction of sp³-hybridized carbons (Fsp3) is 0.219. The van der Waals surface area contributed by atoms with Crippen LogP contribution in [0.15, 0.2) is 71.8 Å². The summed E-state index contributed by atoms with van der Waals surface area (Å²) in [5.74, 6) is 4.09. The number of carbonyl (C=O) groups excluding carboxylic acids is 1. The number of carbonyl (C=O) groups is 2. The fourth-order valence-corrected chi connectivity index (χ4v) is 4.75. The van der Waals surface area contributed by atoms with Crippen LogP contribution in [0.3, 0.4) is 0 Å². The number of nitrogens with one attached hydrogen (secondary N) is 1. The zero-order chi connectivity index (χ0) is 33.0. The maximum absolute atomic E-state index is 15.2. The highest BCUT2D eigenvalue weighted by Gasteiger charge is 2.30. The van der Waals surface area contributed by atoms with E-state index in [9.17, 15) is 23.9 Å². The van der Waals surface area contributed by atoms with Gasteiger partial charge in [0.05, 0.1) is 11.2 Å². The molecule has 0 spiro atoms. The Morgan fingerprint density at radius 1 is 1.00 bits per heavy atom. The maximum atomic E-state index is 15.2. The lowest BCUT2D eigenvalue weighted by Gasteiger charge is -2.40. The van der Waals surface area contributed by atoms with Crippen LogP contribution >= 0.6 is 0 Å². The van der Waals surface area contributed by atoms with Crippen molar-refractivity contribution in [2.24, 2.45) is 0 Å². The topological polar surface area (TPSA) is 156 Å². The Kier molecular flexibility index (Phi) is 8.97. The summed E-state index contributed by atoms with van der Waals surface area (Å²) in [6.07, 6.45) is 1.68. The lowest BCUT2D eigenvalue weighted by atomic mass is 10.0. The zero-order valence-electron chi connectivity index (χ0n) is 24.8. The van der Waals surface area contributed by atoms with Gasteiger partial charge in [-0.3, -0.25) is 14.5 Å². The van der Waals surface area contributed by atoms with Gasteiger partial charge in [-0.25, -0.2) is 18.6 Å². The number of pyridine rings is 1. The van der Waals surface area contributed by atoms with E-state index >= 15 is 4.39 Å². The number of nitrogens with zero attached hydrogens (tertiary/aromatic N) is 5. The quantitative estimate of drug-likeness (QED) is 0.269. The number of benzene rings is 2. The second-order valence-corrected chi connectivity index (χ2v) is 10.8. The van der Waals surface area contributed by atoms with Crippen molar-refractivity contribution >= 4 is 23.5 Å². The zero-order valence-corrected chi connectivity index (χ0v) is 24.8. The molecule has 0 saturated carbocycles. The van der Waals surface area contributed by atoms with Gasteiger partial charge in [0.15, 0.2) is 11.6 Å². The number of halogens is 2. The van der Waals surface area contributed by atoms with Crippen LogP contribution in [0.5, 0.6) is 11.5 Å². The lowest BCUT2D eigenvalue weighted by molar-refractivity contribution is 0.0744. The molecule has 4 N–H and O–H groups in total. The number of nitrogen functional groups attached to an aromatic ring is 1. The average molecular weight is 630 g/mol. The molecule has 3 heterocycles. The predicted octanol–water partition coefficient (Wildman–Crippen LogP) is 3.96. The molecule has 2 aromatic carbocycles. The van der Waals surface area contributed by atoms with Gasteiger partial charge >= 0.3 is 6.09 Å². The van der Waals surface area contributed by atoms with Crippen molar-refractivity contribution in [2.45, 2.75) is 19.4 Å². The molecule has 5 rings (SSSR count). The first-order chi connectivity index (χ1) is 21.9. The van der Waals surface area contributed by atoms with E-state index in [-0.39, 0.29) is 39.8 Å². The third-order valence-corrected chi connectivity index (χ3v) is 7.35. The van der Waals surface area contributed by atoms with E-state index in [0.29, 0.717) is 26.2 Å². The van der Waals surface area contributed by atoms with E-state index in [0.717, 1.165) is 22.9 Å². The summed E-state index contributed by atoms with van der Waals surface area (Å²) < 4.78 is 35.3. The molecule has 4 aromatic rings. The summed E-state index contributed by atoms with van der Waals surface area (Å²) >= 11 is 0. The second kappa shape index (κ2) is 13.0. The van der Waals surface area contributed by atoms with E-state index in [1.165, 1.54) is 53.7 Å². The van der Waals surface area contributed by atoms with Crippen molar-refractivity contribution in [1.29, 1.82) is 0 Å². The molecule has 2 aromatic heterocycles. The number of rotatable bonds is 6. The minimum Gasteiger partial charge on any atom is -0.465 e. The molecule has 12 nitrogen and oxygen atoms in total. The van der Waals surface area contributed by atoms with Gasteiger partial charge in [0.25, 0.3) is 11.5 Å². The van der Waals surface area contributed by atoms with Crippen molar-refractivity contribution in [3.8, 4) is 29.0 Å². The standard InChI is InChI=1S/C32H29F2N7O5/c1-32(2,40-17-15-39(16-18-40)31(44)45)12-9-23-26(11-13-36-28(23)35)46-27-8-5-21(19-25(27)34)38-29(42)24-10-14-37-41(30(24)43)22-6-3-20(33)4-7-22/h3-8,10-11,13-14,19H,15-18H2,1-2H3,(H2,35,36)(H,38,42)(H,44,45). The van der Waals surface area contributed by atoms with Crippen LogP contribution in [0.2, 0.25) is 0 Å². The van der Waals surface area contributed by atoms with Crippen molar-refractivity contribution in [3.05, 3.63) is 100 Å². The van der Waals surface area contributed by atoms with Gasteiger partial charge < -0.3 is 25.8 Å². The first kappa shape index (κ1) is 31.6.